The molecule has 0 atom stereocenters. The SMILES string of the molecule is CC(=O)Nc1ncc(C(C)(C)C)[nH]1. The Labute approximate surface area is 77.8 Å². The number of hydrogen-bond donors (Lipinski definition) is 2. The summed E-state index contributed by atoms with van der Waals surface area (Å²) in [6.45, 7) is 7.70. The lowest BCUT2D eigenvalue weighted by atomic mass is 9.93. The smallest absolute Gasteiger partial charge is 0.223 e. The summed E-state index contributed by atoms with van der Waals surface area (Å²) >= 11 is 0. The second kappa shape index (κ2) is 3.20. The van der Waals surface area contributed by atoms with E-state index in [0.717, 1.165) is 5.69 Å². The van der Waals surface area contributed by atoms with Crippen molar-refractivity contribution in [3.63, 3.8) is 0 Å². The summed E-state index contributed by atoms with van der Waals surface area (Å²) in [7, 11) is 0. The van der Waals surface area contributed by atoms with Crippen LogP contribution in [0.5, 0.6) is 0 Å². The van der Waals surface area contributed by atoms with E-state index in [2.05, 4.69) is 36.1 Å². The zero-order valence-electron chi connectivity index (χ0n) is 8.43. The number of imidazole rings is 1. The molecule has 0 radical (unpaired) electrons. The first-order valence-electron chi connectivity index (χ1n) is 4.22. The maximum absolute atomic E-state index is 10.7. The first-order chi connectivity index (χ1) is 5.89. The first-order valence-corrected chi connectivity index (χ1v) is 4.22. The van der Waals surface area contributed by atoms with Crippen molar-refractivity contribution in [3.8, 4) is 0 Å². The van der Waals surface area contributed by atoms with Gasteiger partial charge in [-0.15, -0.1) is 0 Å². The van der Waals surface area contributed by atoms with Crippen LogP contribution in [0.1, 0.15) is 33.4 Å². The normalized spacial score (nSPS) is 11.4. The van der Waals surface area contributed by atoms with Gasteiger partial charge in [0.05, 0.1) is 6.20 Å². The van der Waals surface area contributed by atoms with Crippen LogP contribution in [-0.4, -0.2) is 15.9 Å². The topological polar surface area (TPSA) is 57.8 Å². The molecule has 0 bridgehead atoms. The van der Waals surface area contributed by atoms with Crippen LogP contribution in [0, 0.1) is 0 Å². The monoisotopic (exact) mass is 181 g/mol. The van der Waals surface area contributed by atoms with Gasteiger partial charge in [0, 0.05) is 18.0 Å². The van der Waals surface area contributed by atoms with Crippen molar-refractivity contribution >= 4 is 11.9 Å². The standard InChI is InChI=1S/C9H15N3O/c1-6(13)11-8-10-5-7(12-8)9(2,3)4/h5H,1-4H3,(H2,10,11,12,13). The second-order valence-electron chi connectivity index (χ2n) is 4.08. The predicted molar refractivity (Wildman–Crippen MR) is 51.6 cm³/mol. The highest BCUT2D eigenvalue weighted by Gasteiger charge is 2.16. The lowest BCUT2D eigenvalue weighted by Gasteiger charge is -2.14. The van der Waals surface area contributed by atoms with E-state index in [0.29, 0.717) is 5.95 Å². The van der Waals surface area contributed by atoms with E-state index in [1.54, 1.807) is 6.20 Å². The van der Waals surface area contributed by atoms with Crippen molar-refractivity contribution in [2.24, 2.45) is 0 Å². The zero-order chi connectivity index (χ0) is 10.1. The Morgan fingerprint density at radius 2 is 2.15 bits per heavy atom. The molecule has 0 aliphatic rings. The maximum Gasteiger partial charge on any atom is 0.223 e. The molecule has 1 aromatic rings. The van der Waals surface area contributed by atoms with Gasteiger partial charge in [0.2, 0.25) is 11.9 Å². The van der Waals surface area contributed by atoms with Crippen molar-refractivity contribution in [2.45, 2.75) is 33.1 Å². The number of aromatic nitrogens is 2. The summed E-state index contributed by atoms with van der Waals surface area (Å²) in [5, 5.41) is 2.59. The Bertz CT molecular complexity index is 309. The highest BCUT2D eigenvalue weighted by molar-refractivity contribution is 5.86. The van der Waals surface area contributed by atoms with Crippen molar-refractivity contribution in [1.82, 2.24) is 9.97 Å². The number of amides is 1. The van der Waals surface area contributed by atoms with Gasteiger partial charge in [0.15, 0.2) is 0 Å². The molecule has 4 heteroatoms. The molecular formula is C9H15N3O. The molecule has 0 saturated carbocycles. The van der Waals surface area contributed by atoms with Gasteiger partial charge in [-0.2, -0.15) is 0 Å². The lowest BCUT2D eigenvalue weighted by molar-refractivity contribution is -0.114. The number of nitrogens with one attached hydrogen (secondary N) is 2. The minimum absolute atomic E-state index is 0.0315. The minimum atomic E-state index is -0.116. The molecule has 1 aromatic heterocycles. The van der Waals surface area contributed by atoms with Crippen LogP contribution in [-0.2, 0) is 10.2 Å². The van der Waals surface area contributed by atoms with Crippen LogP contribution in [0.25, 0.3) is 0 Å². The van der Waals surface area contributed by atoms with Gasteiger partial charge in [0.1, 0.15) is 0 Å². The maximum atomic E-state index is 10.7. The Balaban J connectivity index is 2.81. The third-order valence-corrected chi connectivity index (χ3v) is 1.68. The van der Waals surface area contributed by atoms with E-state index in [1.165, 1.54) is 6.92 Å². The van der Waals surface area contributed by atoms with Crippen molar-refractivity contribution in [1.29, 1.82) is 0 Å². The van der Waals surface area contributed by atoms with E-state index in [4.69, 9.17) is 0 Å². The molecule has 0 saturated heterocycles. The molecule has 1 rings (SSSR count). The van der Waals surface area contributed by atoms with Gasteiger partial charge in [0.25, 0.3) is 0 Å². The fourth-order valence-corrected chi connectivity index (χ4v) is 0.933. The summed E-state index contributed by atoms with van der Waals surface area (Å²) in [6.07, 6.45) is 1.74. The van der Waals surface area contributed by atoms with Crippen LogP contribution < -0.4 is 5.32 Å². The predicted octanol–water partition coefficient (Wildman–Crippen LogP) is 1.67. The fraction of sp³-hybridized carbons (Fsp3) is 0.556. The Kier molecular flexibility index (Phi) is 2.40. The molecule has 72 valence electrons. The average molecular weight is 181 g/mol. The molecule has 0 spiro atoms. The van der Waals surface area contributed by atoms with Crippen LogP contribution >= 0.6 is 0 Å². The van der Waals surface area contributed by atoms with E-state index in [9.17, 15) is 4.79 Å². The molecular weight excluding hydrogens is 166 g/mol. The number of hydrogen-bond acceptors (Lipinski definition) is 2. The largest absolute Gasteiger partial charge is 0.327 e. The quantitative estimate of drug-likeness (QED) is 0.692. The van der Waals surface area contributed by atoms with Crippen molar-refractivity contribution in [3.05, 3.63) is 11.9 Å². The van der Waals surface area contributed by atoms with E-state index in [1.807, 2.05) is 0 Å². The molecule has 0 aromatic carbocycles. The molecule has 1 amide bonds. The third kappa shape index (κ3) is 2.57. The molecule has 4 nitrogen and oxygen atoms in total. The molecule has 0 unspecified atom stereocenters. The highest BCUT2D eigenvalue weighted by atomic mass is 16.1. The van der Waals surface area contributed by atoms with Gasteiger partial charge in [-0.05, 0) is 0 Å². The number of carbonyl (C=O) groups is 1. The van der Waals surface area contributed by atoms with Crippen molar-refractivity contribution < 1.29 is 4.79 Å². The van der Waals surface area contributed by atoms with Gasteiger partial charge in [-0.3, -0.25) is 10.1 Å². The summed E-state index contributed by atoms with van der Waals surface area (Å²) in [5.41, 5.74) is 1.04. The number of aromatic amines is 1. The van der Waals surface area contributed by atoms with E-state index >= 15 is 0 Å². The molecule has 1 heterocycles. The van der Waals surface area contributed by atoms with Gasteiger partial charge < -0.3 is 4.98 Å². The van der Waals surface area contributed by atoms with Crippen LogP contribution in [0.3, 0.4) is 0 Å². The van der Waals surface area contributed by atoms with Crippen LogP contribution in [0.15, 0.2) is 6.20 Å². The highest BCUT2D eigenvalue weighted by Crippen LogP contribution is 2.20. The summed E-state index contributed by atoms with van der Waals surface area (Å²) in [6, 6.07) is 0. The molecule has 0 aliphatic heterocycles. The molecule has 0 aliphatic carbocycles. The van der Waals surface area contributed by atoms with Gasteiger partial charge in [-0.25, -0.2) is 4.98 Å². The number of nitrogens with zero attached hydrogens (tertiary/aromatic N) is 1. The fourth-order valence-electron chi connectivity index (χ4n) is 0.933. The van der Waals surface area contributed by atoms with Crippen LogP contribution in [0.4, 0.5) is 5.95 Å². The molecule has 0 fully saturated rings. The number of carbonyl (C=O) groups excluding carboxylic acids is 1. The van der Waals surface area contributed by atoms with Gasteiger partial charge >= 0.3 is 0 Å². The Hall–Kier alpha value is -1.32. The van der Waals surface area contributed by atoms with Crippen LogP contribution in [0.2, 0.25) is 0 Å². The first kappa shape index (κ1) is 9.77. The zero-order valence-corrected chi connectivity index (χ0v) is 8.43. The van der Waals surface area contributed by atoms with Crippen molar-refractivity contribution in [2.75, 3.05) is 5.32 Å². The summed E-state index contributed by atoms with van der Waals surface area (Å²) in [5.74, 6) is 0.396. The van der Waals surface area contributed by atoms with E-state index < -0.39 is 0 Å². The Morgan fingerprint density at radius 1 is 1.54 bits per heavy atom. The van der Waals surface area contributed by atoms with E-state index in [-0.39, 0.29) is 11.3 Å². The summed E-state index contributed by atoms with van der Waals surface area (Å²) in [4.78, 5) is 17.8. The minimum Gasteiger partial charge on any atom is -0.327 e. The number of H-pyrrole nitrogens is 1. The second-order valence-corrected chi connectivity index (χ2v) is 4.08. The molecule has 13 heavy (non-hydrogen) atoms. The molecule has 2 N–H and O–H groups in total. The number of anilines is 1. The third-order valence-electron chi connectivity index (χ3n) is 1.68. The van der Waals surface area contributed by atoms with Gasteiger partial charge in [-0.1, -0.05) is 20.8 Å². The summed E-state index contributed by atoms with van der Waals surface area (Å²) < 4.78 is 0. The average Bonchev–Trinajstić information content (AvgIpc) is 2.32. The number of rotatable bonds is 1. The Morgan fingerprint density at radius 3 is 2.54 bits per heavy atom. The lowest BCUT2D eigenvalue weighted by Crippen LogP contribution is -2.12.